The molecule has 1 aromatic carbocycles. The quantitative estimate of drug-likeness (QED) is 0.792. The van der Waals surface area contributed by atoms with E-state index < -0.39 is 0 Å². The Labute approximate surface area is 171 Å². The highest BCUT2D eigenvalue weighted by Gasteiger charge is 2.47. The summed E-state index contributed by atoms with van der Waals surface area (Å²) in [5.74, 6) is 0.200. The van der Waals surface area contributed by atoms with Gasteiger partial charge in [0.05, 0.1) is 11.8 Å². The van der Waals surface area contributed by atoms with Crippen LogP contribution in [0.25, 0.3) is 0 Å². The van der Waals surface area contributed by atoms with Crippen molar-refractivity contribution in [2.75, 3.05) is 23.3 Å². The van der Waals surface area contributed by atoms with Crippen LogP contribution in [0, 0.1) is 17.8 Å². The van der Waals surface area contributed by atoms with Gasteiger partial charge in [-0.3, -0.25) is 14.6 Å². The normalized spacial score (nSPS) is 21.5. The van der Waals surface area contributed by atoms with Crippen LogP contribution in [-0.4, -0.2) is 29.9 Å². The van der Waals surface area contributed by atoms with Crippen molar-refractivity contribution < 1.29 is 9.59 Å². The minimum absolute atomic E-state index is 0.0587. The number of piperidine rings is 1. The van der Waals surface area contributed by atoms with Crippen LogP contribution in [0.1, 0.15) is 31.7 Å². The number of anilines is 2. The second kappa shape index (κ2) is 8.64. The molecule has 2 atom stereocenters. The molecule has 2 heterocycles. The fraction of sp³-hybridized carbons (Fsp3) is 0.435. The average Bonchev–Trinajstić information content (AvgIpc) is 3.55. The first-order chi connectivity index (χ1) is 14.1. The number of nitrogens with one attached hydrogen (secondary N) is 2. The number of aromatic nitrogens is 1. The van der Waals surface area contributed by atoms with E-state index in [1.165, 1.54) is 18.5 Å². The van der Waals surface area contributed by atoms with Crippen LogP contribution < -0.4 is 15.5 Å². The fourth-order valence-electron chi connectivity index (χ4n) is 3.85. The molecule has 4 rings (SSSR count). The predicted molar refractivity (Wildman–Crippen MR) is 113 cm³/mol. The highest BCUT2D eigenvalue weighted by atomic mass is 16.2. The summed E-state index contributed by atoms with van der Waals surface area (Å²) >= 11 is 0. The molecule has 0 spiro atoms. The van der Waals surface area contributed by atoms with Crippen LogP contribution in [0.4, 0.5) is 11.4 Å². The second-order valence-electron chi connectivity index (χ2n) is 8.23. The Kier molecular flexibility index (Phi) is 5.79. The zero-order valence-corrected chi connectivity index (χ0v) is 16.8. The summed E-state index contributed by atoms with van der Waals surface area (Å²) in [7, 11) is 0. The fourth-order valence-corrected chi connectivity index (χ4v) is 3.85. The van der Waals surface area contributed by atoms with Gasteiger partial charge in [-0.05, 0) is 67.1 Å². The van der Waals surface area contributed by atoms with E-state index in [2.05, 4.69) is 39.6 Å². The van der Waals surface area contributed by atoms with Crippen LogP contribution in [-0.2, 0) is 16.1 Å². The standard InChI is InChI=1S/C23H28N4O2/c1-16-8-12-27(13-9-16)19-4-2-18(3-5-19)26-23(29)21-14-20(21)22(28)25-15-17-6-10-24-11-7-17/h2-7,10-11,16,20-21H,8-9,12-15H2,1H3,(H,25,28)(H,26,29). The first kappa shape index (κ1) is 19.4. The number of carbonyl (C=O) groups is 2. The number of nitrogens with zero attached hydrogens (tertiary/aromatic N) is 2. The Hall–Kier alpha value is -2.89. The van der Waals surface area contributed by atoms with Gasteiger partial charge in [-0.1, -0.05) is 6.92 Å². The largest absolute Gasteiger partial charge is 0.372 e. The van der Waals surface area contributed by atoms with Crippen LogP contribution >= 0.6 is 0 Å². The van der Waals surface area contributed by atoms with Crippen molar-refractivity contribution in [2.24, 2.45) is 17.8 Å². The number of benzene rings is 1. The van der Waals surface area contributed by atoms with Crippen LogP contribution in [0.15, 0.2) is 48.8 Å². The molecule has 6 nitrogen and oxygen atoms in total. The molecule has 2 fully saturated rings. The summed E-state index contributed by atoms with van der Waals surface area (Å²) in [5, 5.41) is 5.86. The Bertz CT molecular complexity index is 845. The maximum Gasteiger partial charge on any atom is 0.228 e. The predicted octanol–water partition coefficient (Wildman–Crippen LogP) is 3.21. The van der Waals surface area contributed by atoms with Gasteiger partial charge in [0.1, 0.15) is 0 Å². The average molecular weight is 393 g/mol. The van der Waals surface area contributed by atoms with Crippen LogP contribution in [0.5, 0.6) is 0 Å². The van der Waals surface area contributed by atoms with E-state index in [4.69, 9.17) is 0 Å². The van der Waals surface area contributed by atoms with Gasteiger partial charge >= 0.3 is 0 Å². The SMILES string of the molecule is CC1CCN(c2ccc(NC(=O)C3CC3C(=O)NCc3ccncc3)cc2)CC1. The summed E-state index contributed by atoms with van der Waals surface area (Å²) in [6, 6.07) is 11.8. The Morgan fingerprint density at radius 1 is 1.00 bits per heavy atom. The molecule has 2 aliphatic rings. The lowest BCUT2D eigenvalue weighted by Gasteiger charge is -2.32. The summed E-state index contributed by atoms with van der Waals surface area (Å²) in [6.07, 6.45) is 6.46. The highest BCUT2D eigenvalue weighted by Crippen LogP contribution is 2.39. The van der Waals surface area contributed by atoms with E-state index in [-0.39, 0.29) is 23.7 Å². The third kappa shape index (κ3) is 4.94. The molecule has 2 unspecified atom stereocenters. The molecule has 1 saturated heterocycles. The lowest BCUT2D eigenvalue weighted by atomic mass is 9.99. The molecule has 0 radical (unpaired) electrons. The van der Waals surface area contributed by atoms with Crippen molar-refractivity contribution in [1.82, 2.24) is 10.3 Å². The van der Waals surface area contributed by atoms with E-state index >= 15 is 0 Å². The minimum atomic E-state index is -0.240. The van der Waals surface area contributed by atoms with Gasteiger partial charge in [-0.15, -0.1) is 0 Å². The van der Waals surface area contributed by atoms with Gasteiger partial charge in [0, 0.05) is 43.4 Å². The van der Waals surface area contributed by atoms with Gasteiger partial charge in [0.25, 0.3) is 0 Å². The molecular weight excluding hydrogens is 364 g/mol. The third-order valence-electron chi connectivity index (χ3n) is 5.96. The molecule has 1 saturated carbocycles. The minimum Gasteiger partial charge on any atom is -0.372 e. The first-order valence-corrected chi connectivity index (χ1v) is 10.4. The smallest absolute Gasteiger partial charge is 0.228 e. The zero-order chi connectivity index (χ0) is 20.2. The molecule has 6 heteroatoms. The molecule has 1 aliphatic carbocycles. The molecular formula is C23H28N4O2. The maximum absolute atomic E-state index is 12.5. The van der Waals surface area contributed by atoms with Gasteiger partial charge in [0.15, 0.2) is 0 Å². The third-order valence-corrected chi connectivity index (χ3v) is 5.96. The van der Waals surface area contributed by atoms with E-state index in [1.54, 1.807) is 12.4 Å². The second-order valence-corrected chi connectivity index (χ2v) is 8.23. The number of rotatable bonds is 6. The molecule has 1 aliphatic heterocycles. The van der Waals surface area contributed by atoms with E-state index in [9.17, 15) is 9.59 Å². The van der Waals surface area contributed by atoms with Crippen LogP contribution in [0.3, 0.4) is 0 Å². The monoisotopic (exact) mass is 392 g/mol. The van der Waals surface area contributed by atoms with Gasteiger partial charge in [-0.25, -0.2) is 0 Å². The summed E-state index contributed by atoms with van der Waals surface area (Å²) in [4.78, 5) is 31.1. The number of amides is 2. The molecule has 2 N–H and O–H groups in total. The van der Waals surface area contributed by atoms with Crippen molar-refractivity contribution in [3.05, 3.63) is 54.4 Å². The Morgan fingerprint density at radius 3 is 2.34 bits per heavy atom. The topological polar surface area (TPSA) is 74.3 Å². The molecule has 0 bridgehead atoms. The van der Waals surface area contributed by atoms with Crippen molar-refractivity contribution >= 4 is 23.2 Å². The molecule has 152 valence electrons. The summed E-state index contributed by atoms with van der Waals surface area (Å²) in [6.45, 7) is 4.94. The zero-order valence-electron chi connectivity index (χ0n) is 16.8. The van der Waals surface area contributed by atoms with Crippen molar-refractivity contribution in [3.8, 4) is 0 Å². The molecule has 29 heavy (non-hydrogen) atoms. The van der Waals surface area contributed by atoms with Crippen LogP contribution in [0.2, 0.25) is 0 Å². The van der Waals surface area contributed by atoms with E-state index in [0.717, 1.165) is 30.3 Å². The van der Waals surface area contributed by atoms with Crippen molar-refractivity contribution in [2.45, 2.75) is 32.7 Å². The molecule has 2 aromatic rings. The number of hydrogen-bond donors (Lipinski definition) is 2. The number of carbonyl (C=O) groups excluding carboxylic acids is 2. The number of hydrogen-bond acceptors (Lipinski definition) is 4. The maximum atomic E-state index is 12.5. The molecule has 2 amide bonds. The van der Waals surface area contributed by atoms with Crippen molar-refractivity contribution in [1.29, 1.82) is 0 Å². The lowest BCUT2D eigenvalue weighted by Crippen LogP contribution is -2.32. The van der Waals surface area contributed by atoms with Gasteiger partial charge in [0.2, 0.25) is 11.8 Å². The van der Waals surface area contributed by atoms with Gasteiger partial charge in [-0.2, -0.15) is 0 Å². The summed E-state index contributed by atoms with van der Waals surface area (Å²) in [5.41, 5.74) is 2.99. The Balaban J connectivity index is 1.24. The lowest BCUT2D eigenvalue weighted by molar-refractivity contribution is -0.125. The van der Waals surface area contributed by atoms with Gasteiger partial charge < -0.3 is 15.5 Å². The summed E-state index contributed by atoms with van der Waals surface area (Å²) < 4.78 is 0. The molecule has 1 aromatic heterocycles. The Morgan fingerprint density at radius 2 is 1.66 bits per heavy atom. The van der Waals surface area contributed by atoms with Crippen molar-refractivity contribution in [3.63, 3.8) is 0 Å². The number of pyridine rings is 1. The first-order valence-electron chi connectivity index (χ1n) is 10.4. The highest BCUT2D eigenvalue weighted by molar-refractivity contribution is 5.99. The van der Waals surface area contributed by atoms with E-state index in [0.29, 0.717) is 13.0 Å². The van der Waals surface area contributed by atoms with E-state index in [1.807, 2.05) is 24.3 Å².